The number of halogens is 3. The lowest BCUT2D eigenvalue weighted by molar-refractivity contribution is 0.354. The molecule has 1 aliphatic carbocycles. The van der Waals surface area contributed by atoms with Gasteiger partial charge in [-0.3, -0.25) is 4.99 Å². The van der Waals surface area contributed by atoms with Gasteiger partial charge in [0.25, 0.3) is 0 Å². The summed E-state index contributed by atoms with van der Waals surface area (Å²) in [5.41, 5.74) is 3.37. The summed E-state index contributed by atoms with van der Waals surface area (Å²) in [5.74, 6) is 1.08. The number of aliphatic imine (C=N–C) groups is 1. The highest BCUT2D eigenvalue weighted by Crippen LogP contribution is 2.45. The molecule has 2 aliphatic rings. The number of hydrogen-bond donors (Lipinski definition) is 1. The summed E-state index contributed by atoms with van der Waals surface area (Å²) in [6.07, 6.45) is 8.35. The maximum Gasteiger partial charge on any atom is 0.108 e. The van der Waals surface area contributed by atoms with Crippen LogP contribution in [0.3, 0.4) is 0 Å². The molecule has 4 rings (SSSR count). The Labute approximate surface area is 175 Å². The number of fused-ring (bicyclic) bond motifs is 1. The molecule has 2 aromatic carbocycles. The molecule has 2 aromatic rings. The predicted molar refractivity (Wildman–Crippen MR) is 117 cm³/mol. The number of hydrogen-bond acceptors (Lipinski definition) is 1. The van der Waals surface area contributed by atoms with Crippen LogP contribution in [-0.2, 0) is 13.0 Å². The van der Waals surface area contributed by atoms with Gasteiger partial charge in [-0.15, -0.1) is 0 Å². The molecule has 0 saturated heterocycles. The van der Waals surface area contributed by atoms with E-state index in [9.17, 15) is 0 Å². The number of rotatable bonds is 2. The molecule has 2 nitrogen and oxygen atoms in total. The first-order valence-electron chi connectivity index (χ1n) is 9.61. The van der Waals surface area contributed by atoms with Crippen molar-refractivity contribution in [2.75, 3.05) is 5.32 Å². The van der Waals surface area contributed by atoms with Gasteiger partial charge >= 0.3 is 0 Å². The van der Waals surface area contributed by atoms with Crippen LogP contribution in [-0.4, -0.2) is 5.84 Å². The van der Waals surface area contributed by atoms with E-state index in [2.05, 4.69) is 5.32 Å². The van der Waals surface area contributed by atoms with Crippen LogP contribution in [0, 0.1) is 5.41 Å². The number of amidine groups is 1. The Bertz CT molecular complexity index is 868. The first-order valence-corrected chi connectivity index (χ1v) is 10.7. The summed E-state index contributed by atoms with van der Waals surface area (Å²) in [6.45, 7) is 0.584. The van der Waals surface area contributed by atoms with Crippen LogP contribution in [0.5, 0.6) is 0 Å². The van der Waals surface area contributed by atoms with Gasteiger partial charge in [-0.05, 0) is 48.6 Å². The molecule has 1 aliphatic heterocycles. The van der Waals surface area contributed by atoms with Crippen molar-refractivity contribution in [3.63, 3.8) is 0 Å². The van der Waals surface area contributed by atoms with Crippen LogP contribution >= 0.6 is 34.8 Å². The highest BCUT2D eigenvalue weighted by Gasteiger charge is 2.40. The van der Waals surface area contributed by atoms with Gasteiger partial charge < -0.3 is 5.32 Å². The molecule has 1 N–H and O–H groups in total. The van der Waals surface area contributed by atoms with E-state index in [0.29, 0.717) is 16.6 Å². The van der Waals surface area contributed by atoms with Crippen molar-refractivity contribution in [3.05, 3.63) is 62.6 Å². The van der Waals surface area contributed by atoms with Gasteiger partial charge in [0.2, 0.25) is 0 Å². The van der Waals surface area contributed by atoms with Gasteiger partial charge in [-0.2, -0.15) is 0 Å². The van der Waals surface area contributed by atoms with E-state index in [0.717, 1.165) is 41.4 Å². The fourth-order valence-electron chi connectivity index (χ4n) is 4.38. The molecule has 0 aromatic heterocycles. The Kier molecular flexibility index (Phi) is 5.68. The lowest BCUT2D eigenvalue weighted by atomic mass is 9.72. The molecule has 142 valence electrons. The second-order valence-electron chi connectivity index (χ2n) is 7.68. The predicted octanol–water partition coefficient (Wildman–Crippen LogP) is 7.55. The summed E-state index contributed by atoms with van der Waals surface area (Å²) in [4.78, 5) is 5.03. The van der Waals surface area contributed by atoms with Crippen molar-refractivity contribution in [1.29, 1.82) is 0 Å². The van der Waals surface area contributed by atoms with Crippen LogP contribution in [0.2, 0.25) is 15.1 Å². The molecule has 0 atom stereocenters. The van der Waals surface area contributed by atoms with Crippen molar-refractivity contribution in [2.24, 2.45) is 10.4 Å². The molecule has 0 unspecified atom stereocenters. The van der Waals surface area contributed by atoms with Crippen molar-refractivity contribution in [3.8, 4) is 0 Å². The monoisotopic (exact) mass is 420 g/mol. The number of nitrogens with zero attached hydrogens (tertiary/aromatic N) is 1. The largest absolute Gasteiger partial charge is 0.343 e. The van der Waals surface area contributed by atoms with E-state index in [1.54, 1.807) is 0 Å². The van der Waals surface area contributed by atoms with Crippen molar-refractivity contribution >= 4 is 46.3 Å². The molecule has 0 amide bonds. The molecule has 0 radical (unpaired) electrons. The third-order valence-corrected chi connectivity index (χ3v) is 6.95. The maximum absolute atomic E-state index is 6.34. The van der Waals surface area contributed by atoms with E-state index in [1.807, 2.05) is 36.4 Å². The van der Waals surface area contributed by atoms with E-state index in [4.69, 9.17) is 39.8 Å². The molecule has 1 spiro atoms. The minimum Gasteiger partial charge on any atom is -0.343 e. The smallest absolute Gasteiger partial charge is 0.108 e. The van der Waals surface area contributed by atoms with E-state index in [1.165, 1.54) is 31.2 Å². The normalized spacial score (nSPS) is 20.2. The minimum absolute atomic E-state index is 0.0575. The Morgan fingerprint density at radius 1 is 0.889 bits per heavy atom. The minimum atomic E-state index is 0.0575. The van der Waals surface area contributed by atoms with Gasteiger partial charge in [0, 0.05) is 16.1 Å². The zero-order valence-corrected chi connectivity index (χ0v) is 17.5. The highest BCUT2D eigenvalue weighted by atomic mass is 35.5. The first-order chi connectivity index (χ1) is 13.1. The molecule has 0 bridgehead atoms. The highest BCUT2D eigenvalue weighted by molar-refractivity contribution is 6.42. The van der Waals surface area contributed by atoms with Crippen LogP contribution < -0.4 is 5.32 Å². The molecule has 1 saturated carbocycles. The quantitative estimate of drug-likeness (QED) is 0.531. The maximum atomic E-state index is 6.34. The lowest BCUT2D eigenvalue weighted by Gasteiger charge is -2.40. The second kappa shape index (κ2) is 8.03. The van der Waals surface area contributed by atoms with Crippen molar-refractivity contribution in [1.82, 2.24) is 0 Å². The summed E-state index contributed by atoms with van der Waals surface area (Å²) in [6, 6.07) is 11.9. The Morgan fingerprint density at radius 2 is 1.59 bits per heavy atom. The molecule has 1 heterocycles. The standard InChI is InChI=1S/C22H23Cl3N2/c23-17-8-4-3-7-15(17)14-26-21-22(9-5-1-2-6-10-22)13-16-11-18(24)19(25)12-20(16)27-21/h3-4,7-8,11-12H,1-2,5-6,9-10,13-14H2,(H,26,27). The molecule has 27 heavy (non-hydrogen) atoms. The third-order valence-electron chi connectivity index (χ3n) is 5.86. The van der Waals surface area contributed by atoms with Crippen molar-refractivity contribution in [2.45, 2.75) is 51.5 Å². The number of benzene rings is 2. The van der Waals surface area contributed by atoms with Gasteiger partial charge in [0.15, 0.2) is 0 Å². The molecular weight excluding hydrogens is 399 g/mol. The molecular formula is C22H23Cl3N2. The summed E-state index contributed by atoms with van der Waals surface area (Å²) in [7, 11) is 0. The summed E-state index contributed by atoms with van der Waals surface area (Å²) < 4.78 is 0. The van der Waals surface area contributed by atoms with Gasteiger partial charge in [0.05, 0.1) is 16.6 Å². The zero-order chi connectivity index (χ0) is 18.9. The van der Waals surface area contributed by atoms with Gasteiger partial charge in [0.1, 0.15) is 5.84 Å². The average molecular weight is 422 g/mol. The van der Waals surface area contributed by atoms with Crippen LogP contribution in [0.25, 0.3) is 0 Å². The molecule has 5 heteroatoms. The zero-order valence-electron chi connectivity index (χ0n) is 15.2. The Hall–Kier alpha value is -1.22. The van der Waals surface area contributed by atoms with E-state index < -0.39 is 0 Å². The summed E-state index contributed by atoms with van der Waals surface area (Å²) >= 11 is 18.9. The van der Waals surface area contributed by atoms with Crippen LogP contribution in [0.1, 0.15) is 49.7 Å². The first kappa shape index (κ1) is 19.1. The van der Waals surface area contributed by atoms with Gasteiger partial charge in [-0.25, -0.2) is 0 Å². The lowest BCUT2D eigenvalue weighted by Crippen LogP contribution is -2.42. The fourth-order valence-corrected chi connectivity index (χ4v) is 4.92. The number of nitrogens with one attached hydrogen (secondary N) is 1. The number of anilines is 1. The summed E-state index contributed by atoms with van der Waals surface area (Å²) in [5, 5.41) is 5.57. The fraction of sp³-hybridized carbons (Fsp3) is 0.409. The van der Waals surface area contributed by atoms with E-state index >= 15 is 0 Å². The van der Waals surface area contributed by atoms with Crippen molar-refractivity contribution < 1.29 is 0 Å². The molecule has 1 fully saturated rings. The topological polar surface area (TPSA) is 24.4 Å². The Balaban J connectivity index is 1.72. The second-order valence-corrected chi connectivity index (χ2v) is 8.90. The Morgan fingerprint density at radius 3 is 2.33 bits per heavy atom. The van der Waals surface area contributed by atoms with Crippen LogP contribution in [0.4, 0.5) is 5.69 Å². The van der Waals surface area contributed by atoms with Gasteiger partial charge in [-0.1, -0.05) is 78.7 Å². The average Bonchev–Trinajstić information content (AvgIpc) is 2.89. The van der Waals surface area contributed by atoms with Crippen LogP contribution in [0.15, 0.2) is 41.4 Å². The SMILES string of the molecule is Clc1cc2c(cc1Cl)NC(=NCc1ccccc1Cl)C1(CCCCCC1)C2. The van der Waals surface area contributed by atoms with E-state index in [-0.39, 0.29) is 5.41 Å². The third kappa shape index (κ3) is 3.99.